The summed E-state index contributed by atoms with van der Waals surface area (Å²) < 4.78 is 7.50. The van der Waals surface area contributed by atoms with Gasteiger partial charge in [0, 0.05) is 22.9 Å². The highest BCUT2D eigenvalue weighted by molar-refractivity contribution is 7.80. The van der Waals surface area contributed by atoms with Gasteiger partial charge in [-0.05, 0) is 55.9 Å². The summed E-state index contributed by atoms with van der Waals surface area (Å²) in [5.74, 6) is 1.67. The van der Waals surface area contributed by atoms with Crippen LogP contribution in [0, 0.1) is 13.8 Å². The number of carbonyl (C=O) groups is 1. The Morgan fingerprint density at radius 3 is 2.69 bits per heavy atom. The summed E-state index contributed by atoms with van der Waals surface area (Å²) in [6.07, 6.45) is 2.98. The Morgan fingerprint density at radius 2 is 1.89 bits per heavy atom. The lowest BCUT2D eigenvalue weighted by molar-refractivity contribution is -0.115. The van der Waals surface area contributed by atoms with Gasteiger partial charge in [-0.15, -0.1) is 10.2 Å². The smallest absolute Gasteiger partial charge is 0.250 e. The topological polar surface area (TPSA) is 97.4 Å². The van der Waals surface area contributed by atoms with Crippen molar-refractivity contribution >= 4 is 51.3 Å². The number of nitrogens with one attached hydrogen (secondary N) is 2. The number of fused-ring (bicyclic) bond motifs is 1. The second kappa shape index (κ2) is 9.61. The number of aromatic nitrogens is 4. The predicted molar refractivity (Wildman–Crippen MR) is 141 cm³/mol. The minimum atomic E-state index is -0.363. The van der Waals surface area contributed by atoms with Gasteiger partial charge in [0.25, 0.3) is 0 Å². The molecule has 2 N–H and O–H groups in total. The molecule has 0 bridgehead atoms. The highest BCUT2D eigenvalue weighted by Gasteiger charge is 2.12. The second-order valence-corrected chi connectivity index (χ2v) is 9.09. The molecule has 0 atom stereocenters. The van der Waals surface area contributed by atoms with Gasteiger partial charge in [0.05, 0.1) is 0 Å². The number of carbonyl (C=O) groups excluding carboxylic acids is 1. The summed E-state index contributed by atoms with van der Waals surface area (Å²) >= 11 is 6.80. The molecule has 0 spiro atoms. The SMILES string of the molecule is Cc1ccc(-c2nn3c(C)nnc3s2)cc1NC(=S)NC(=O)/C=C/c1ccc(-c2ccccc2)o1. The Hall–Kier alpha value is -4.15. The Kier molecular flexibility index (Phi) is 6.21. The number of rotatable bonds is 5. The van der Waals surface area contributed by atoms with Gasteiger partial charge in [0.2, 0.25) is 10.9 Å². The number of thiocarbonyl (C=S) groups is 1. The lowest BCUT2D eigenvalue weighted by Gasteiger charge is -2.12. The first-order chi connectivity index (χ1) is 17.0. The highest BCUT2D eigenvalue weighted by Crippen LogP contribution is 2.29. The summed E-state index contributed by atoms with van der Waals surface area (Å²) in [4.78, 5) is 13.1. The second-order valence-electron chi connectivity index (χ2n) is 7.72. The van der Waals surface area contributed by atoms with E-state index in [0.717, 1.165) is 43.9 Å². The van der Waals surface area contributed by atoms with Crippen molar-refractivity contribution < 1.29 is 9.21 Å². The Balaban J connectivity index is 1.23. The molecule has 0 radical (unpaired) electrons. The van der Waals surface area contributed by atoms with Crippen molar-refractivity contribution in [3.63, 3.8) is 0 Å². The standard InChI is InChI=1S/C25H20N6O2S2/c1-15-8-9-18(23-30-31-16(2)28-29-25(31)35-23)14-20(15)26-24(34)27-22(32)13-11-19-10-12-21(33-19)17-6-4-3-5-7-17/h3-14H,1-2H3,(H2,26,27,32,34)/b13-11+. The monoisotopic (exact) mass is 500 g/mol. The maximum absolute atomic E-state index is 12.4. The minimum absolute atomic E-state index is 0.193. The van der Waals surface area contributed by atoms with E-state index in [2.05, 4.69) is 25.9 Å². The number of furan rings is 1. The molecule has 3 aromatic heterocycles. The summed E-state index contributed by atoms with van der Waals surface area (Å²) in [6, 6.07) is 19.3. The number of hydrogen-bond acceptors (Lipinski definition) is 7. The molecular weight excluding hydrogens is 480 g/mol. The molecule has 174 valence electrons. The number of hydrogen-bond donors (Lipinski definition) is 2. The number of benzene rings is 2. The van der Waals surface area contributed by atoms with Crippen LogP contribution in [0.25, 0.3) is 32.9 Å². The molecule has 0 unspecified atom stereocenters. The van der Waals surface area contributed by atoms with E-state index in [9.17, 15) is 4.79 Å². The zero-order valence-corrected chi connectivity index (χ0v) is 20.5. The van der Waals surface area contributed by atoms with Crippen molar-refractivity contribution in [1.29, 1.82) is 0 Å². The van der Waals surface area contributed by atoms with Crippen LogP contribution in [-0.4, -0.2) is 30.8 Å². The van der Waals surface area contributed by atoms with Gasteiger partial charge in [-0.1, -0.05) is 53.8 Å². The summed E-state index contributed by atoms with van der Waals surface area (Å²) in [5.41, 5.74) is 3.63. The third kappa shape index (κ3) is 5.03. The van der Waals surface area contributed by atoms with Gasteiger partial charge in [0.1, 0.15) is 16.5 Å². The number of aryl methyl sites for hydroxylation is 2. The van der Waals surface area contributed by atoms with E-state index in [1.54, 1.807) is 10.6 Å². The van der Waals surface area contributed by atoms with Gasteiger partial charge >= 0.3 is 0 Å². The molecule has 2 aromatic carbocycles. The fourth-order valence-corrected chi connectivity index (χ4v) is 4.48. The van der Waals surface area contributed by atoms with Crippen LogP contribution in [0.15, 0.2) is 71.2 Å². The maximum atomic E-state index is 12.4. The molecule has 0 fully saturated rings. The van der Waals surface area contributed by atoms with E-state index in [-0.39, 0.29) is 11.0 Å². The first kappa shape index (κ1) is 22.6. The third-order valence-electron chi connectivity index (χ3n) is 5.20. The lowest BCUT2D eigenvalue weighted by Crippen LogP contribution is -2.33. The van der Waals surface area contributed by atoms with E-state index in [0.29, 0.717) is 5.76 Å². The summed E-state index contributed by atoms with van der Waals surface area (Å²) in [5, 5.41) is 19.5. The van der Waals surface area contributed by atoms with Crippen molar-refractivity contribution in [2.45, 2.75) is 13.8 Å². The molecule has 3 heterocycles. The molecule has 0 aliphatic rings. The lowest BCUT2D eigenvalue weighted by atomic mass is 10.1. The first-order valence-corrected chi connectivity index (χ1v) is 11.9. The molecule has 0 aliphatic heterocycles. The maximum Gasteiger partial charge on any atom is 0.250 e. The fraction of sp³-hybridized carbons (Fsp3) is 0.0800. The first-order valence-electron chi connectivity index (χ1n) is 10.7. The Morgan fingerprint density at radius 1 is 1.06 bits per heavy atom. The van der Waals surface area contributed by atoms with E-state index < -0.39 is 0 Å². The molecule has 0 saturated carbocycles. The zero-order chi connectivity index (χ0) is 24.4. The van der Waals surface area contributed by atoms with Gasteiger partial charge < -0.3 is 9.73 Å². The van der Waals surface area contributed by atoms with Crippen molar-refractivity contribution in [2.75, 3.05) is 5.32 Å². The molecule has 5 rings (SSSR count). The van der Waals surface area contributed by atoms with E-state index in [1.807, 2.05) is 74.5 Å². The average Bonchev–Trinajstić information content (AvgIpc) is 3.58. The molecule has 10 heteroatoms. The minimum Gasteiger partial charge on any atom is -0.457 e. The van der Waals surface area contributed by atoms with E-state index in [1.165, 1.54) is 17.4 Å². The molecule has 0 saturated heterocycles. The van der Waals surface area contributed by atoms with Crippen molar-refractivity contribution in [3.05, 3.63) is 83.9 Å². The van der Waals surface area contributed by atoms with Crippen LogP contribution in [0.4, 0.5) is 5.69 Å². The van der Waals surface area contributed by atoms with Crippen LogP contribution in [0.2, 0.25) is 0 Å². The molecule has 8 nitrogen and oxygen atoms in total. The quantitative estimate of drug-likeness (QED) is 0.251. The van der Waals surface area contributed by atoms with E-state index in [4.69, 9.17) is 16.6 Å². The van der Waals surface area contributed by atoms with Crippen LogP contribution in [0.5, 0.6) is 0 Å². The normalized spacial score (nSPS) is 11.3. The van der Waals surface area contributed by atoms with Crippen molar-refractivity contribution in [1.82, 2.24) is 25.1 Å². The molecule has 5 aromatic rings. The third-order valence-corrected chi connectivity index (χ3v) is 6.35. The summed E-state index contributed by atoms with van der Waals surface area (Å²) in [7, 11) is 0. The Bertz CT molecular complexity index is 1570. The van der Waals surface area contributed by atoms with E-state index >= 15 is 0 Å². The predicted octanol–water partition coefficient (Wildman–Crippen LogP) is 5.26. The van der Waals surface area contributed by atoms with Crippen LogP contribution in [0.1, 0.15) is 17.1 Å². The van der Waals surface area contributed by atoms with Crippen molar-refractivity contribution in [2.24, 2.45) is 0 Å². The molecule has 35 heavy (non-hydrogen) atoms. The number of nitrogens with zero attached hydrogens (tertiary/aromatic N) is 4. The van der Waals surface area contributed by atoms with Crippen LogP contribution >= 0.6 is 23.6 Å². The summed E-state index contributed by atoms with van der Waals surface area (Å²) in [6.45, 7) is 3.82. The molecular formula is C25H20N6O2S2. The van der Waals surface area contributed by atoms with Gasteiger partial charge in [-0.25, -0.2) is 0 Å². The zero-order valence-electron chi connectivity index (χ0n) is 18.9. The fourth-order valence-electron chi connectivity index (χ4n) is 3.39. The van der Waals surface area contributed by atoms with Crippen LogP contribution < -0.4 is 10.6 Å². The number of anilines is 1. The number of amides is 1. The van der Waals surface area contributed by atoms with Crippen LogP contribution in [0.3, 0.4) is 0 Å². The van der Waals surface area contributed by atoms with Crippen molar-refractivity contribution in [3.8, 4) is 21.9 Å². The largest absolute Gasteiger partial charge is 0.457 e. The Labute approximate surface area is 210 Å². The van der Waals surface area contributed by atoms with Gasteiger partial charge in [-0.3, -0.25) is 10.1 Å². The van der Waals surface area contributed by atoms with Gasteiger partial charge in [-0.2, -0.15) is 9.61 Å². The molecule has 1 amide bonds. The average molecular weight is 501 g/mol. The van der Waals surface area contributed by atoms with Gasteiger partial charge in [0.15, 0.2) is 10.9 Å². The highest BCUT2D eigenvalue weighted by atomic mass is 32.1. The molecule has 0 aliphatic carbocycles. The van der Waals surface area contributed by atoms with Crippen LogP contribution in [-0.2, 0) is 4.79 Å².